The van der Waals surface area contributed by atoms with Crippen molar-refractivity contribution in [2.75, 3.05) is 26.8 Å². The van der Waals surface area contributed by atoms with Crippen LogP contribution in [0.2, 0.25) is 0 Å². The molecule has 1 saturated heterocycles. The Labute approximate surface area is 115 Å². The van der Waals surface area contributed by atoms with Gasteiger partial charge in [0, 0.05) is 13.6 Å². The second kappa shape index (κ2) is 5.87. The number of nitrogens with zero attached hydrogens (tertiary/aromatic N) is 1. The van der Waals surface area contributed by atoms with E-state index in [2.05, 4.69) is 5.32 Å². The van der Waals surface area contributed by atoms with E-state index < -0.39 is 17.8 Å². The van der Waals surface area contributed by atoms with Crippen LogP contribution in [-0.4, -0.2) is 54.7 Å². The molecule has 1 unspecified atom stereocenters. The summed E-state index contributed by atoms with van der Waals surface area (Å²) in [6.45, 7) is 0.559. The van der Waals surface area contributed by atoms with Gasteiger partial charge in [0.15, 0.2) is 0 Å². The number of likely N-dealkylation sites (N-methyl/N-ethyl adjacent to an activating group) is 1. The monoisotopic (exact) mass is 282 g/mol. The van der Waals surface area contributed by atoms with Gasteiger partial charge in [-0.05, 0) is 18.2 Å². The highest BCUT2D eigenvalue weighted by Gasteiger charge is 2.33. The molecule has 1 fully saturated rings. The van der Waals surface area contributed by atoms with Crippen molar-refractivity contribution in [3.8, 4) is 5.75 Å². The van der Waals surface area contributed by atoms with Crippen LogP contribution in [0.15, 0.2) is 18.2 Å². The van der Waals surface area contributed by atoms with Crippen LogP contribution >= 0.6 is 0 Å². The molecule has 6 nitrogen and oxygen atoms in total. The van der Waals surface area contributed by atoms with Gasteiger partial charge in [-0.1, -0.05) is 0 Å². The van der Waals surface area contributed by atoms with Crippen molar-refractivity contribution in [2.45, 2.75) is 6.04 Å². The minimum absolute atomic E-state index is 0.0709. The molecule has 1 aliphatic heterocycles. The quantitative estimate of drug-likeness (QED) is 0.807. The lowest BCUT2D eigenvalue weighted by Crippen LogP contribution is -2.55. The third-order valence-corrected chi connectivity index (χ3v) is 3.13. The maximum absolute atomic E-state index is 13.2. The molecule has 1 aromatic carbocycles. The Bertz CT molecular complexity index is 535. The largest absolute Gasteiger partial charge is 0.507 e. The van der Waals surface area contributed by atoms with Gasteiger partial charge in [-0.15, -0.1) is 0 Å². The number of nitrogens with one attached hydrogen (secondary N) is 1. The molecule has 2 rings (SSSR count). The lowest BCUT2D eigenvalue weighted by molar-refractivity contribution is -0.130. The Balaban J connectivity index is 2.30. The molecule has 1 aromatic rings. The Morgan fingerprint density at radius 3 is 2.95 bits per heavy atom. The van der Waals surface area contributed by atoms with Crippen molar-refractivity contribution in [1.82, 2.24) is 10.2 Å². The van der Waals surface area contributed by atoms with E-state index in [0.717, 1.165) is 18.2 Å². The van der Waals surface area contributed by atoms with Gasteiger partial charge in [0.1, 0.15) is 17.6 Å². The predicted molar refractivity (Wildman–Crippen MR) is 67.8 cm³/mol. The standard InChI is InChI=1S/C13H15FN2O4/c1-15-12(18)10-7-20-5-4-16(10)13(19)9-6-8(14)2-3-11(9)17/h2-3,6,10,17H,4-5,7H2,1H3,(H,15,18). The van der Waals surface area contributed by atoms with Crippen LogP contribution in [0.25, 0.3) is 0 Å². The number of ether oxygens (including phenoxy) is 1. The number of morpholine rings is 1. The number of carbonyl (C=O) groups excluding carboxylic acids is 2. The van der Waals surface area contributed by atoms with E-state index in [1.807, 2.05) is 0 Å². The fourth-order valence-electron chi connectivity index (χ4n) is 2.06. The molecule has 2 amide bonds. The molecule has 1 heterocycles. The molecule has 1 aliphatic rings. The fourth-order valence-corrected chi connectivity index (χ4v) is 2.06. The van der Waals surface area contributed by atoms with Crippen LogP contribution in [0.1, 0.15) is 10.4 Å². The topological polar surface area (TPSA) is 78.9 Å². The van der Waals surface area contributed by atoms with E-state index in [-0.39, 0.29) is 37.0 Å². The predicted octanol–water partition coefficient (Wildman–Crippen LogP) is 0.118. The molecule has 0 bridgehead atoms. The van der Waals surface area contributed by atoms with Crippen LogP contribution < -0.4 is 5.32 Å². The van der Waals surface area contributed by atoms with Gasteiger partial charge in [0.05, 0.1) is 18.8 Å². The number of rotatable bonds is 2. The zero-order valence-corrected chi connectivity index (χ0v) is 10.9. The second-order valence-corrected chi connectivity index (χ2v) is 4.36. The molecule has 0 spiro atoms. The zero-order valence-electron chi connectivity index (χ0n) is 10.9. The molecule has 1 atom stereocenters. The van der Waals surface area contributed by atoms with Crippen molar-refractivity contribution in [3.05, 3.63) is 29.6 Å². The number of phenols is 1. The number of carbonyl (C=O) groups is 2. The highest BCUT2D eigenvalue weighted by molar-refractivity contribution is 5.99. The number of hydrogen-bond acceptors (Lipinski definition) is 4. The summed E-state index contributed by atoms with van der Waals surface area (Å²) in [7, 11) is 1.46. The summed E-state index contributed by atoms with van der Waals surface area (Å²) < 4.78 is 18.4. The number of benzene rings is 1. The number of halogens is 1. The Morgan fingerprint density at radius 2 is 2.25 bits per heavy atom. The molecule has 0 aromatic heterocycles. The van der Waals surface area contributed by atoms with E-state index in [1.165, 1.54) is 11.9 Å². The zero-order chi connectivity index (χ0) is 14.7. The van der Waals surface area contributed by atoms with E-state index in [9.17, 15) is 19.1 Å². The summed E-state index contributed by atoms with van der Waals surface area (Å²) in [5.74, 6) is -1.91. The number of amides is 2. The highest BCUT2D eigenvalue weighted by Crippen LogP contribution is 2.22. The van der Waals surface area contributed by atoms with Crippen LogP contribution in [0.4, 0.5) is 4.39 Å². The normalized spacial score (nSPS) is 18.7. The van der Waals surface area contributed by atoms with Crippen molar-refractivity contribution >= 4 is 11.8 Å². The Kier molecular flexibility index (Phi) is 4.19. The molecule has 2 N–H and O–H groups in total. The summed E-state index contributed by atoms with van der Waals surface area (Å²) in [5.41, 5.74) is -0.166. The van der Waals surface area contributed by atoms with Crippen molar-refractivity contribution in [2.24, 2.45) is 0 Å². The van der Waals surface area contributed by atoms with Gasteiger partial charge in [0.25, 0.3) is 5.91 Å². The van der Waals surface area contributed by atoms with Crippen molar-refractivity contribution < 1.29 is 23.8 Å². The summed E-state index contributed by atoms with van der Waals surface area (Å²) in [6.07, 6.45) is 0. The SMILES string of the molecule is CNC(=O)C1COCCN1C(=O)c1cc(F)ccc1O. The fraction of sp³-hybridized carbons (Fsp3) is 0.385. The molecular weight excluding hydrogens is 267 g/mol. The maximum Gasteiger partial charge on any atom is 0.258 e. The van der Waals surface area contributed by atoms with Gasteiger partial charge in [0.2, 0.25) is 5.91 Å². The van der Waals surface area contributed by atoms with Crippen molar-refractivity contribution in [3.63, 3.8) is 0 Å². The average molecular weight is 282 g/mol. The first-order chi connectivity index (χ1) is 9.54. The van der Waals surface area contributed by atoms with E-state index in [0.29, 0.717) is 0 Å². The maximum atomic E-state index is 13.2. The van der Waals surface area contributed by atoms with Gasteiger partial charge in [-0.3, -0.25) is 9.59 Å². The van der Waals surface area contributed by atoms with Crippen LogP contribution in [-0.2, 0) is 9.53 Å². The van der Waals surface area contributed by atoms with Gasteiger partial charge in [-0.25, -0.2) is 4.39 Å². The van der Waals surface area contributed by atoms with Crippen molar-refractivity contribution in [1.29, 1.82) is 0 Å². The Morgan fingerprint density at radius 1 is 1.50 bits per heavy atom. The molecule has 0 aliphatic carbocycles. The average Bonchev–Trinajstić information content (AvgIpc) is 2.48. The molecule has 108 valence electrons. The van der Waals surface area contributed by atoms with Gasteiger partial charge < -0.3 is 20.1 Å². The molecule has 0 radical (unpaired) electrons. The number of phenolic OH excluding ortho intramolecular Hbond substituents is 1. The summed E-state index contributed by atoms with van der Waals surface area (Å²) in [6, 6.07) is 2.33. The van der Waals surface area contributed by atoms with Crippen LogP contribution in [0.3, 0.4) is 0 Å². The Hall–Kier alpha value is -2.15. The first kappa shape index (κ1) is 14.3. The third kappa shape index (κ3) is 2.72. The number of aromatic hydroxyl groups is 1. The summed E-state index contributed by atoms with van der Waals surface area (Å²) >= 11 is 0. The van der Waals surface area contributed by atoms with Gasteiger partial charge in [-0.2, -0.15) is 0 Å². The summed E-state index contributed by atoms with van der Waals surface area (Å²) in [4.78, 5) is 25.4. The van der Waals surface area contributed by atoms with E-state index in [1.54, 1.807) is 0 Å². The van der Waals surface area contributed by atoms with Crippen LogP contribution in [0, 0.1) is 5.82 Å². The van der Waals surface area contributed by atoms with Crippen LogP contribution in [0.5, 0.6) is 5.75 Å². The smallest absolute Gasteiger partial charge is 0.258 e. The molecular formula is C13H15FN2O4. The van der Waals surface area contributed by atoms with E-state index >= 15 is 0 Å². The molecule has 0 saturated carbocycles. The summed E-state index contributed by atoms with van der Waals surface area (Å²) in [5, 5.41) is 12.1. The lowest BCUT2D eigenvalue weighted by Gasteiger charge is -2.34. The minimum Gasteiger partial charge on any atom is -0.507 e. The minimum atomic E-state index is -0.788. The number of hydrogen-bond donors (Lipinski definition) is 2. The van der Waals surface area contributed by atoms with E-state index in [4.69, 9.17) is 4.74 Å². The molecule has 7 heteroatoms. The molecule has 20 heavy (non-hydrogen) atoms. The first-order valence-electron chi connectivity index (χ1n) is 6.13. The lowest BCUT2D eigenvalue weighted by atomic mass is 10.1. The van der Waals surface area contributed by atoms with Gasteiger partial charge >= 0.3 is 0 Å². The third-order valence-electron chi connectivity index (χ3n) is 3.13. The first-order valence-corrected chi connectivity index (χ1v) is 6.13. The second-order valence-electron chi connectivity index (χ2n) is 4.36. The highest BCUT2D eigenvalue weighted by atomic mass is 19.1.